The van der Waals surface area contributed by atoms with E-state index in [4.69, 9.17) is 4.42 Å². The van der Waals surface area contributed by atoms with Crippen molar-refractivity contribution >= 4 is 28.3 Å². The molecule has 3 heterocycles. The molecule has 8 heteroatoms. The summed E-state index contributed by atoms with van der Waals surface area (Å²) in [4.78, 5) is 28.7. The van der Waals surface area contributed by atoms with Crippen LogP contribution in [0.25, 0.3) is 16.9 Å². The van der Waals surface area contributed by atoms with Crippen LogP contribution in [0.4, 0.5) is 5.13 Å². The topological polar surface area (TPSA) is 89.2 Å². The smallest absolute Gasteiger partial charge is 0.286 e. The van der Waals surface area contributed by atoms with Crippen LogP contribution in [-0.4, -0.2) is 27.9 Å². The van der Waals surface area contributed by atoms with E-state index in [0.717, 1.165) is 28.3 Å². The third kappa shape index (κ3) is 4.65. The first-order valence-corrected chi connectivity index (χ1v) is 11.1. The van der Waals surface area contributed by atoms with Crippen LogP contribution in [-0.2, 0) is 4.79 Å². The van der Waals surface area contributed by atoms with Crippen molar-refractivity contribution in [1.82, 2.24) is 14.9 Å². The Labute approximate surface area is 190 Å². The number of furan rings is 1. The number of hydrogen-bond acceptors (Lipinski definition) is 5. The van der Waals surface area contributed by atoms with Gasteiger partial charge in [0.15, 0.2) is 10.9 Å². The average Bonchev–Trinajstić information content (AvgIpc) is 3.50. The van der Waals surface area contributed by atoms with Crippen LogP contribution in [0.1, 0.15) is 33.9 Å². The molecule has 1 aromatic carbocycles. The molecule has 3 aromatic heterocycles. The first-order valence-electron chi connectivity index (χ1n) is 10.3. The van der Waals surface area contributed by atoms with Gasteiger partial charge in [-0.05, 0) is 51.1 Å². The van der Waals surface area contributed by atoms with E-state index in [1.165, 1.54) is 23.2 Å². The van der Waals surface area contributed by atoms with Crippen molar-refractivity contribution in [2.24, 2.45) is 0 Å². The lowest BCUT2D eigenvalue weighted by molar-refractivity contribution is -0.116. The molecule has 2 amide bonds. The number of nitrogens with one attached hydrogen (secondary N) is 2. The fourth-order valence-corrected chi connectivity index (χ4v) is 4.26. The lowest BCUT2D eigenvalue weighted by atomic mass is 10.2. The van der Waals surface area contributed by atoms with Crippen molar-refractivity contribution in [3.8, 4) is 16.9 Å². The van der Waals surface area contributed by atoms with E-state index in [1.807, 2.05) is 5.38 Å². The molecule has 0 saturated heterocycles. The zero-order valence-corrected chi connectivity index (χ0v) is 19.0. The van der Waals surface area contributed by atoms with Crippen molar-refractivity contribution in [1.29, 1.82) is 0 Å². The number of nitrogens with zero attached hydrogens (tertiary/aromatic N) is 2. The Morgan fingerprint density at radius 2 is 1.91 bits per heavy atom. The summed E-state index contributed by atoms with van der Waals surface area (Å²) in [6.45, 7) is 6.42. The van der Waals surface area contributed by atoms with Gasteiger partial charge in [0.1, 0.15) is 0 Å². The number of carbonyl (C=O) groups excluding carboxylic acids is 2. The predicted octanol–water partition coefficient (Wildman–Crippen LogP) is 4.88. The summed E-state index contributed by atoms with van der Waals surface area (Å²) >= 11 is 1.38. The van der Waals surface area contributed by atoms with E-state index in [9.17, 15) is 9.59 Å². The Hall–Kier alpha value is -3.65. The molecule has 0 aliphatic rings. The molecule has 0 fully saturated rings. The van der Waals surface area contributed by atoms with Crippen LogP contribution in [0.3, 0.4) is 0 Å². The zero-order chi connectivity index (χ0) is 22.7. The maximum atomic E-state index is 12.2. The van der Waals surface area contributed by atoms with Gasteiger partial charge in [-0.1, -0.05) is 17.7 Å². The molecule has 2 N–H and O–H groups in total. The molecule has 0 radical (unpaired) electrons. The van der Waals surface area contributed by atoms with Gasteiger partial charge in [0.05, 0.1) is 12.0 Å². The summed E-state index contributed by atoms with van der Waals surface area (Å²) in [7, 11) is 0. The van der Waals surface area contributed by atoms with Crippen molar-refractivity contribution in [3.63, 3.8) is 0 Å². The molecule has 7 nitrogen and oxygen atoms in total. The molecule has 4 aromatic rings. The third-order valence-corrected chi connectivity index (χ3v) is 5.89. The van der Waals surface area contributed by atoms with Gasteiger partial charge in [-0.2, -0.15) is 0 Å². The number of carbonyl (C=O) groups is 2. The fraction of sp³-hybridized carbons (Fsp3) is 0.208. The second kappa shape index (κ2) is 9.23. The summed E-state index contributed by atoms with van der Waals surface area (Å²) in [5.74, 6) is -0.336. The predicted molar refractivity (Wildman–Crippen MR) is 125 cm³/mol. The van der Waals surface area contributed by atoms with E-state index in [-0.39, 0.29) is 30.5 Å². The van der Waals surface area contributed by atoms with Gasteiger partial charge in [-0.3, -0.25) is 9.59 Å². The molecule has 0 bridgehead atoms. The highest BCUT2D eigenvalue weighted by molar-refractivity contribution is 7.14. The van der Waals surface area contributed by atoms with Crippen LogP contribution in [0.5, 0.6) is 0 Å². The van der Waals surface area contributed by atoms with Crippen molar-refractivity contribution in [2.75, 3.05) is 11.9 Å². The minimum Gasteiger partial charge on any atom is -0.459 e. The van der Waals surface area contributed by atoms with Gasteiger partial charge in [0.2, 0.25) is 5.91 Å². The minimum absolute atomic E-state index is 0.142. The third-order valence-electron chi connectivity index (χ3n) is 5.13. The second-order valence-corrected chi connectivity index (χ2v) is 8.38. The van der Waals surface area contributed by atoms with Crippen molar-refractivity contribution < 1.29 is 14.0 Å². The van der Waals surface area contributed by atoms with Gasteiger partial charge in [-0.15, -0.1) is 11.3 Å². The second-order valence-electron chi connectivity index (χ2n) is 7.53. The summed E-state index contributed by atoms with van der Waals surface area (Å²) in [5, 5.41) is 7.93. The highest BCUT2D eigenvalue weighted by atomic mass is 32.1. The molecule has 164 valence electrons. The SMILES string of the molecule is Cc1ccc(-n2c(C)cc(-c3csc(NC(=O)CCNC(=O)c4ccco4)n3)c2C)cc1. The summed E-state index contributed by atoms with van der Waals surface area (Å²) < 4.78 is 7.23. The molecule has 32 heavy (non-hydrogen) atoms. The van der Waals surface area contributed by atoms with Crippen LogP contribution in [0.15, 0.2) is 58.5 Å². The van der Waals surface area contributed by atoms with Crippen LogP contribution in [0.2, 0.25) is 0 Å². The first kappa shape index (κ1) is 21.6. The molecular weight excluding hydrogens is 424 g/mol. The Balaban J connectivity index is 1.39. The number of benzene rings is 1. The van der Waals surface area contributed by atoms with Gasteiger partial charge >= 0.3 is 0 Å². The number of thiazole rings is 1. The van der Waals surface area contributed by atoms with E-state index in [0.29, 0.717) is 5.13 Å². The quantitative estimate of drug-likeness (QED) is 0.422. The molecule has 0 saturated carbocycles. The highest BCUT2D eigenvalue weighted by Crippen LogP contribution is 2.31. The average molecular weight is 449 g/mol. The summed E-state index contributed by atoms with van der Waals surface area (Å²) in [5.41, 5.74) is 6.39. The van der Waals surface area contributed by atoms with Crippen LogP contribution >= 0.6 is 11.3 Å². The maximum absolute atomic E-state index is 12.2. The van der Waals surface area contributed by atoms with Gasteiger partial charge in [-0.25, -0.2) is 4.98 Å². The van der Waals surface area contributed by atoms with Crippen molar-refractivity contribution in [3.05, 3.63) is 76.8 Å². The van der Waals surface area contributed by atoms with E-state index < -0.39 is 0 Å². The number of hydrogen-bond donors (Lipinski definition) is 2. The van der Waals surface area contributed by atoms with E-state index >= 15 is 0 Å². The summed E-state index contributed by atoms with van der Waals surface area (Å²) in [6.07, 6.45) is 1.57. The fourth-order valence-electron chi connectivity index (χ4n) is 3.53. The molecule has 0 unspecified atom stereocenters. The monoisotopic (exact) mass is 448 g/mol. The van der Waals surface area contributed by atoms with Crippen molar-refractivity contribution in [2.45, 2.75) is 27.2 Å². The van der Waals surface area contributed by atoms with Gasteiger partial charge in [0, 0.05) is 41.0 Å². The highest BCUT2D eigenvalue weighted by Gasteiger charge is 2.16. The number of aryl methyl sites for hydroxylation is 2. The summed E-state index contributed by atoms with van der Waals surface area (Å²) in [6, 6.07) is 13.7. The number of amides is 2. The van der Waals surface area contributed by atoms with Gasteiger partial charge < -0.3 is 19.6 Å². The maximum Gasteiger partial charge on any atom is 0.286 e. The molecule has 0 spiro atoms. The zero-order valence-electron chi connectivity index (χ0n) is 18.1. The lowest BCUT2D eigenvalue weighted by Gasteiger charge is -2.10. The Morgan fingerprint density at radius 3 is 2.62 bits per heavy atom. The number of anilines is 1. The van der Waals surface area contributed by atoms with Crippen LogP contribution < -0.4 is 10.6 Å². The Morgan fingerprint density at radius 1 is 1.12 bits per heavy atom. The standard InChI is InChI=1S/C24H24N4O3S/c1-15-6-8-18(9-7-15)28-16(2)13-19(17(28)3)20-14-32-24(26-20)27-22(29)10-11-25-23(30)21-5-4-12-31-21/h4-9,12-14H,10-11H2,1-3H3,(H,25,30)(H,26,27,29). The van der Waals surface area contributed by atoms with E-state index in [2.05, 4.69) is 71.3 Å². The molecular formula is C24H24N4O3S. The normalized spacial score (nSPS) is 10.8. The molecule has 0 aliphatic carbocycles. The Kier molecular flexibility index (Phi) is 6.23. The Bertz CT molecular complexity index is 1240. The minimum atomic E-state index is -0.344. The van der Waals surface area contributed by atoms with Crippen LogP contribution in [0, 0.1) is 20.8 Å². The largest absolute Gasteiger partial charge is 0.459 e. The number of aromatic nitrogens is 2. The first-order chi connectivity index (χ1) is 15.4. The molecule has 0 aliphatic heterocycles. The molecule has 0 atom stereocenters. The molecule has 4 rings (SSSR count). The lowest BCUT2D eigenvalue weighted by Crippen LogP contribution is -2.27. The van der Waals surface area contributed by atoms with E-state index in [1.54, 1.807) is 12.1 Å². The van der Waals surface area contributed by atoms with Gasteiger partial charge in [0.25, 0.3) is 5.91 Å². The number of rotatable bonds is 7.